The van der Waals surface area contributed by atoms with E-state index >= 15 is 0 Å². The van der Waals surface area contributed by atoms with Crippen molar-refractivity contribution in [3.63, 3.8) is 0 Å². The number of halogens is 8. The Morgan fingerprint density at radius 2 is 1.38 bits per heavy atom. The lowest BCUT2D eigenvalue weighted by Crippen LogP contribution is -2.21. The van der Waals surface area contributed by atoms with Crippen molar-refractivity contribution in [3.8, 4) is 0 Å². The minimum absolute atomic E-state index is 0.0676. The largest absolute Gasteiger partial charge is 0.416 e. The van der Waals surface area contributed by atoms with Gasteiger partial charge in [-0.15, -0.1) is 0 Å². The van der Waals surface area contributed by atoms with Gasteiger partial charge in [-0.1, -0.05) is 0 Å². The van der Waals surface area contributed by atoms with Gasteiger partial charge in [0.25, 0.3) is 0 Å². The molecule has 2 N–H and O–H groups in total. The fraction of sp³-hybridized carbons (Fsp3) is 0.133. The Morgan fingerprint density at radius 1 is 0.846 bits per heavy atom. The van der Waals surface area contributed by atoms with Gasteiger partial charge in [0.05, 0.1) is 16.8 Å². The Hall–Kier alpha value is -2.05. The van der Waals surface area contributed by atoms with Gasteiger partial charge in [0.2, 0.25) is 0 Å². The van der Waals surface area contributed by atoms with Crippen LogP contribution in [0, 0.1) is 9.39 Å². The monoisotopic (exact) mass is 492 g/mol. The zero-order valence-corrected chi connectivity index (χ0v) is 14.6. The Labute approximate surface area is 155 Å². The molecule has 0 radical (unpaired) electrons. The zero-order valence-electron chi connectivity index (χ0n) is 12.4. The van der Waals surface area contributed by atoms with Gasteiger partial charge in [0.1, 0.15) is 5.82 Å². The fourth-order valence-corrected chi connectivity index (χ4v) is 2.36. The number of carbonyl (C=O) groups excluding carboxylic acids is 1. The zero-order chi connectivity index (χ0) is 19.7. The highest BCUT2D eigenvalue weighted by molar-refractivity contribution is 14.1. The lowest BCUT2D eigenvalue weighted by atomic mass is 10.1. The van der Waals surface area contributed by atoms with E-state index in [2.05, 4.69) is 0 Å². The maximum Gasteiger partial charge on any atom is 0.416 e. The molecule has 0 spiro atoms. The number of nitrogens with one attached hydrogen (secondary N) is 2. The first-order chi connectivity index (χ1) is 11.9. The first-order valence-electron chi connectivity index (χ1n) is 6.69. The molecular formula is C15H8F7IN2O. The van der Waals surface area contributed by atoms with Gasteiger partial charge >= 0.3 is 18.4 Å². The summed E-state index contributed by atoms with van der Waals surface area (Å²) in [6, 6.07) is 3.16. The molecule has 0 bridgehead atoms. The van der Waals surface area contributed by atoms with Crippen LogP contribution < -0.4 is 10.6 Å². The normalized spacial score (nSPS) is 12.0. The molecule has 2 aromatic rings. The van der Waals surface area contributed by atoms with Crippen molar-refractivity contribution < 1.29 is 35.5 Å². The van der Waals surface area contributed by atoms with Crippen LogP contribution in [-0.2, 0) is 12.4 Å². The van der Waals surface area contributed by atoms with Crippen molar-refractivity contribution >= 4 is 40.0 Å². The molecule has 0 aromatic heterocycles. The molecule has 26 heavy (non-hydrogen) atoms. The molecule has 2 amide bonds. The van der Waals surface area contributed by atoms with Crippen LogP contribution in [0.5, 0.6) is 0 Å². The summed E-state index contributed by atoms with van der Waals surface area (Å²) in [5.74, 6) is -0.813. The summed E-state index contributed by atoms with van der Waals surface area (Å²) in [5, 5.41) is 3.85. The van der Waals surface area contributed by atoms with E-state index in [1.807, 2.05) is 33.2 Å². The molecule has 11 heteroatoms. The molecule has 0 aliphatic heterocycles. The molecule has 0 heterocycles. The number of carbonyl (C=O) groups is 1. The maximum atomic E-state index is 13.6. The van der Waals surface area contributed by atoms with Crippen LogP contribution in [-0.4, -0.2) is 6.03 Å². The number of anilines is 2. The Balaban J connectivity index is 2.28. The van der Waals surface area contributed by atoms with Crippen LogP contribution in [0.2, 0.25) is 0 Å². The molecule has 2 rings (SSSR count). The van der Waals surface area contributed by atoms with E-state index in [9.17, 15) is 35.5 Å². The summed E-state index contributed by atoms with van der Waals surface area (Å²) >= 11 is 1.81. The number of rotatable bonds is 2. The summed E-state index contributed by atoms with van der Waals surface area (Å²) in [6.45, 7) is 0. The molecule has 0 saturated heterocycles. The highest BCUT2D eigenvalue weighted by Crippen LogP contribution is 2.37. The summed E-state index contributed by atoms with van der Waals surface area (Å²) < 4.78 is 90.8. The Kier molecular flexibility index (Phi) is 5.68. The average molecular weight is 492 g/mol. The fourth-order valence-electron chi connectivity index (χ4n) is 1.90. The van der Waals surface area contributed by atoms with E-state index in [1.54, 1.807) is 0 Å². The van der Waals surface area contributed by atoms with E-state index in [0.717, 1.165) is 6.07 Å². The van der Waals surface area contributed by atoms with E-state index in [0.29, 0.717) is 15.7 Å². The van der Waals surface area contributed by atoms with E-state index < -0.39 is 41.0 Å². The first kappa shape index (κ1) is 20.3. The third-order valence-corrected chi connectivity index (χ3v) is 3.70. The minimum Gasteiger partial charge on any atom is -0.308 e. The second kappa shape index (κ2) is 7.29. The van der Waals surface area contributed by atoms with Gasteiger partial charge in [-0.2, -0.15) is 26.3 Å². The molecule has 140 valence electrons. The smallest absolute Gasteiger partial charge is 0.308 e. The van der Waals surface area contributed by atoms with Crippen molar-refractivity contribution in [3.05, 3.63) is 56.9 Å². The molecule has 0 unspecified atom stereocenters. The Morgan fingerprint density at radius 3 is 1.85 bits per heavy atom. The van der Waals surface area contributed by atoms with Gasteiger partial charge in [0.15, 0.2) is 0 Å². The topological polar surface area (TPSA) is 41.1 Å². The van der Waals surface area contributed by atoms with Crippen molar-refractivity contribution in [2.45, 2.75) is 12.4 Å². The predicted molar refractivity (Wildman–Crippen MR) is 88.2 cm³/mol. The molecule has 0 atom stereocenters. The van der Waals surface area contributed by atoms with Crippen LogP contribution in [0.4, 0.5) is 46.9 Å². The second-order valence-electron chi connectivity index (χ2n) is 5.00. The molecule has 0 fully saturated rings. The van der Waals surface area contributed by atoms with E-state index in [4.69, 9.17) is 0 Å². The molecule has 3 nitrogen and oxygen atoms in total. The van der Waals surface area contributed by atoms with Gasteiger partial charge in [-0.3, -0.25) is 0 Å². The number of hydrogen-bond donors (Lipinski definition) is 2. The van der Waals surface area contributed by atoms with E-state index in [-0.39, 0.29) is 11.8 Å². The summed E-state index contributed by atoms with van der Waals surface area (Å²) in [7, 11) is 0. The highest BCUT2D eigenvalue weighted by Gasteiger charge is 2.37. The van der Waals surface area contributed by atoms with Gasteiger partial charge in [-0.05, 0) is 59.0 Å². The lowest BCUT2D eigenvalue weighted by Gasteiger charge is -2.15. The first-order valence-corrected chi connectivity index (χ1v) is 7.76. The number of hydrogen-bond acceptors (Lipinski definition) is 1. The SMILES string of the molecule is O=C(Nc1cc(C(F)(F)F)cc(C(F)(F)F)c1)Nc1ccc(I)cc1F. The lowest BCUT2D eigenvalue weighted by molar-refractivity contribution is -0.143. The van der Waals surface area contributed by atoms with Gasteiger partial charge < -0.3 is 10.6 Å². The van der Waals surface area contributed by atoms with Crippen molar-refractivity contribution in [1.29, 1.82) is 0 Å². The molecule has 0 saturated carbocycles. The maximum absolute atomic E-state index is 13.6. The number of urea groups is 1. The second-order valence-corrected chi connectivity index (χ2v) is 6.24. The predicted octanol–water partition coefficient (Wildman–Crippen LogP) is 6.11. The number of amides is 2. The Bertz CT molecular complexity index is 801. The average Bonchev–Trinajstić information content (AvgIpc) is 2.48. The molecular weight excluding hydrogens is 484 g/mol. The third kappa shape index (κ3) is 5.22. The van der Waals surface area contributed by atoms with Crippen LogP contribution in [0.3, 0.4) is 0 Å². The van der Waals surface area contributed by atoms with Crippen molar-refractivity contribution in [1.82, 2.24) is 0 Å². The van der Waals surface area contributed by atoms with E-state index in [1.165, 1.54) is 12.1 Å². The minimum atomic E-state index is -5.05. The summed E-state index contributed by atoms with van der Waals surface area (Å²) in [5.41, 5.74) is -4.19. The highest BCUT2D eigenvalue weighted by atomic mass is 127. The van der Waals surface area contributed by atoms with Gasteiger partial charge in [-0.25, -0.2) is 9.18 Å². The molecule has 0 aliphatic carbocycles. The number of alkyl halides is 6. The molecule has 0 aliphatic rings. The summed E-state index contributed by atoms with van der Waals surface area (Å²) in [6.07, 6.45) is -10.1. The number of benzene rings is 2. The van der Waals surface area contributed by atoms with Crippen molar-refractivity contribution in [2.24, 2.45) is 0 Å². The van der Waals surface area contributed by atoms with Crippen LogP contribution >= 0.6 is 22.6 Å². The van der Waals surface area contributed by atoms with Gasteiger partial charge in [0, 0.05) is 9.26 Å². The summed E-state index contributed by atoms with van der Waals surface area (Å²) in [4.78, 5) is 11.8. The van der Waals surface area contributed by atoms with Crippen LogP contribution in [0.1, 0.15) is 11.1 Å². The quantitative estimate of drug-likeness (QED) is 0.386. The third-order valence-electron chi connectivity index (χ3n) is 3.02. The van der Waals surface area contributed by atoms with Crippen molar-refractivity contribution in [2.75, 3.05) is 10.6 Å². The van der Waals surface area contributed by atoms with Crippen LogP contribution in [0.15, 0.2) is 36.4 Å². The standard InChI is InChI=1S/C15H8F7IN2O/c16-11-6-9(23)1-2-12(11)25-13(26)24-10-4-7(14(17,18)19)3-8(5-10)15(20,21)22/h1-6H,(H2,24,25,26). The van der Waals surface area contributed by atoms with Crippen LogP contribution in [0.25, 0.3) is 0 Å². The molecule has 2 aromatic carbocycles.